The summed E-state index contributed by atoms with van der Waals surface area (Å²) in [6, 6.07) is 0. The molecule has 0 heterocycles. The molecule has 2 atom stereocenters. The Morgan fingerprint density at radius 1 is 0.652 bits per heavy atom. The van der Waals surface area contributed by atoms with Crippen LogP contribution in [0.5, 0.6) is 0 Å². The second-order valence-corrected chi connectivity index (χ2v) is 6.83. The fraction of sp³-hybridized carbons (Fsp3) is 0.900. The van der Waals surface area contributed by atoms with Gasteiger partial charge in [0.2, 0.25) is 0 Å². The molecule has 0 saturated carbocycles. The van der Waals surface area contributed by atoms with E-state index in [1.165, 1.54) is 70.6 Å². The number of unbranched alkanes of at least 4 members (excludes halogenated alkanes) is 12. The number of aliphatic hydroxyl groups is 3. The molecule has 0 rings (SSSR count). The summed E-state index contributed by atoms with van der Waals surface area (Å²) >= 11 is 0. The van der Waals surface area contributed by atoms with Crippen molar-refractivity contribution in [2.75, 3.05) is 6.61 Å². The van der Waals surface area contributed by atoms with Crippen LogP contribution in [0.25, 0.3) is 0 Å². The van der Waals surface area contributed by atoms with E-state index in [0.29, 0.717) is 6.42 Å². The lowest BCUT2D eigenvalue weighted by molar-refractivity contribution is 0.0380. The Morgan fingerprint density at radius 3 is 1.52 bits per heavy atom. The van der Waals surface area contributed by atoms with Crippen LogP contribution in [-0.2, 0) is 0 Å². The van der Waals surface area contributed by atoms with Crippen LogP contribution >= 0.6 is 0 Å². The van der Waals surface area contributed by atoms with Crippen molar-refractivity contribution in [3.05, 3.63) is 12.7 Å². The molecule has 0 spiro atoms. The molecule has 0 bridgehead atoms. The summed E-state index contributed by atoms with van der Waals surface area (Å²) < 4.78 is 0. The third-order valence-corrected chi connectivity index (χ3v) is 4.45. The van der Waals surface area contributed by atoms with Crippen LogP contribution in [0.1, 0.15) is 96.3 Å². The molecule has 0 aliphatic rings. The van der Waals surface area contributed by atoms with E-state index in [-0.39, 0.29) is 6.61 Å². The van der Waals surface area contributed by atoms with E-state index in [1.54, 1.807) is 0 Å². The van der Waals surface area contributed by atoms with Gasteiger partial charge in [0.1, 0.15) is 0 Å². The summed E-state index contributed by atoms with van der Waals surface area (Å²) in [6.07, 6.45) is 18.6. The van der Waals surface area contributed by atoms with Gasteiger partial charge in [0.15, 0.2) is 0 Å². The zero-order valence-corrected chi connectivity index (χ0v) is 15.1. The molecule has 0 radical (unpaired) electrons. The molecule has 0 aromatic rings. The third-order valence-electron chi connectivity index (χ3n) is 4.45. The molecule has 0 fully saturated rings. The van der Waals surface area contributed by atoms with E-state index in [0.717, 1.165) is 19.3 Å². The van der Waals surface area contributed by atoms with Gasteiger partial charge in [-0.3, -0.25) is 0 Å². The monoisotopic (exact) mass is 328 g/mol. The van der Waals surface area contributed by atoms with Gasteiger partial charge in [0.05, 0.1) is 18.8 Å². The minimum atomic E-state index is -0.771. The fourth-order valence-electron chi connectivity index (χ4n) is 2.94. The number of aliphatic hydroxyl groups excluding tert-OH is 3. The molecule has 0 amide bonds. The Bertz CT molecular complexity index is 243. The second kappa shape index (κ2) is 18.0. The maximum Gasteiger partial charge on any atom is 0.0795 e. The van der Waals surface area contributed by atoms with Gasteiger partial charge in [-0.15, -0.1) is 6.58 Å². The Morgan fingerprint density at radius 2 is 1.09 bits per heavy atom. The predicted molar refractivity (Wildman–Crippen MR) is 98.6 cm³/mol. The van der Waals surface area contributed by atoms with E-state index in [4.69, 9.17) is 5.11 Å². The van der Waals surface area contributed by atoms with Crippen LogP contribution in [0.15, 0.2) is 12.7 Å². The third kappa shape index (κ3) is 17.8. The van der Waals surface area contributed by atoms with Crippen molar-refractivity contribution in [3.8, 4) is 0 Å². The Kier molecular flexibility index (Phi) is 17.7. The van der Waals surface area contributed by atoms with Crippen LogP contribution in [0.2, 0.25) is 0 Å². The number of hydrogen-bond acceptors (Lipinski definition) is 3. The average molecular weight is 329 g/mol. The van der Waals surface area contributed by atoms with E-state index >= 15 is 0 Å². The fourth-order valence-corrected chi connectivity index (χ4v) is 2.94. The number of allylic oxidation sites excluding steroid dienone is 1. The van der Waals surface area contributed by atoms with E-state index in [1.807, 2.05) is 6.08 Å². The summed E-state index contributed by atoms with van der Waals surface area (Å²) in [5, 5.41) is 27.6. The van der Waals surface area contributed by atoms with Gasteiger partial charge in [-0.1, -0.05) is 76.7 Å². The van der Waals surface area contributed by atoms with Gasteiger partial charge in [-0.05, 0) is 19.3 Å². The van der Waals surface area contributed by atoms with Gasteiger partial charge in [-0.25, -0.2) is 0 Å². The molecule has 3 heteroatoms. The summed E-state index contributed by atoms with van der Waals surface area (Å²) in [4.78, 5) is 0. The normalized spacial score (nSPS) is 13.9. The Labute approximate surface area is 143 Å². The first-order valence-corrected chi connectivity index (χ1v) is 9.78. The molecule has 0 aromatic heterocycles. The van der Waals surface area contributed by atoms with Gasteiger partial charge in [0, 0.05) is 6.42 Å². The standard InChI is InChI=1S/C20H40O3/c1-2-3-4-5-6-7-8-9-10-11-12-13-14-15-16-19(22)17-20(23)18-21/h2,19-23H,1,3-18H2. The van der Waals surface area contributed by atoms with E-state index in [2.05, 4.69) is 6.58 Å². The zero-order valence-electron chi connectivity index (χ0n) is 15.1. The van der Waals surface area contributed by atoms with Crippen molar-refractivity contribution in [3.63, 3.8) is 0 Å². The lowest BCUT2D eigenvalue weighted by Gasteiger charge is -2.13. The van der Waals surface area contributed by atoms with Crippen molar-refractivity contribution < 1.29 is 15.3 Å². The lowest BCUT2D eigenvalue weighted by atomic mass is 10.0. The maximum absolute atomic E-state index is 9.67. The summed E-state index contributed by atoms with van der Waals surface area (Å²) in [5.74, 6) is 0. The molecular formula is C20H40O3. The highest BCUT2D eigenvalue weighted by molar-refractivity contribution is 4.65. The molecule has 0 aromatic carbocycles. The molecule has 23 heavy (non-hydrogen) atoms. The quantitative estimate of drug-likeness (QED) is 0.252. The Balaban J connectivity index is 3.11. The molecule has 138 valence electrons. The molecule has 0 saturated heterocycles. The first-order chi connectivity index (χ1) is 11.2. The summed E-state index contributed by atoms with van der Waals surface area (Å²) in [7, 11) is 0. The van der Waals surface area contributed by atoms with Crippen LogP contribution < -0.4 is 0 Å². The largest absolute Gasteiger partial charge is 0.394 e. The molecule has 3 nitrogen and oxygen atoms in total. The maximum atomic E-state index is 9.67. The summed E-state index contributed by atoms with van der Waals surface area (Å²) in [5.41, 5.74) is 0. The molecule has 0 aliphatic heterocycles. The van der Waals surface area contributed by atoms with Gasteiger partial charge in [0.25, 0.3) is 0 Å². The van der Waals surface area contributed by atoms with E-state index in [9.17, 15) is 10.2 Å². The van der Waals surface area contributed by atoms with Crippen molar-refractivity contribution in [2.24, 2.45) is 0 Å². The van der Waals surface area contributed by atoms with Crippen LogP contribution in [-0.4, -0.2) is 34.1 Å². The highest BCUT2D eigenvalue weighted by Crippen LogP contribution is 2.14. The van der Waals surface area contributed by atoms with Gasteiger partial charge in [-0.2, -0.15) is 0 Å². The van der Waals surface area contributed by atoms with Gasteiger partial charge < -0.3 is 15.3 Å². The topological polar surface area (TPSA) is 60.7 Å². The van der Waals surface area contributed by atoms with Crippen molar-refractivity contribution in [1.29, 1.82) is 0 Å². The predicted octanol–water partition coefficient (Wildman–Crippen LogP) is 4.74. The second-order valence-electron chi connectivity index (χ2n) is 6.83. The summed E-state index contributed by atoms with van der Waals surface area (Å²) in [6.45, 7) is 3.49. The zero-order chi connectivity index (χ0) is 17.2. The highest BCUT2D eigenvalue weighted by Gasteiger charge is 2.10. The van der Waals surface area contributed by atoms with Crippen molar-refractivity contribution in [1.82, 2.24) is 0 Å². The lowest BCUT2D eigenvalue weighted by Crippen LogP contribution is -2.20. The molecule has 0 aliphatic carbocycles. The average Bonchev–Trinajstić information content (AvgIpc) is 2.55. The first kappa shape index (κ1) is 22.6. The van der Waals surface area contributed by atoms with Crippen LogP contribution in [0, 0.1) is 0 Å². The highest BCUT2D eigenvalue weighted by atomic mass is 16.3. The SMILES string of the molecule is C=CCCCCCCCCCCCCCCC(O)CC(O)CO. The Hall–Kier alpha value is -0.380. The first-order valence-electron chi connectivity index (χ1n) is 9.78. The van der Waals surface area contributed by atoms with E-state index < -0.39 is 12.2 Å². The minimum Gasteiger partial charge on any atom is -0.394 e. The van der Waals surface area contributed by atoms with Crippen molar-refractivity contribution >= 4 is 0 Å². The molecular weight excluding hydrogens is 288 g/mol. The minimum absolute atomic E-state index is 0.258. The van der Waals surface area contributed by atoms with Gasteiger partial charge >= 0.3 is 0 Å². The number of rotatable bonds is 18. The number of hydrogen-bond donors (Lipinski definition) is 3. The van der Waals surface area contributed by atoms with Crippen LogP contribution in [0.4, 0.5) is 0 Å². The van der Waals surface area contributed by atoms with Crippen molar-refractivity contribution in [2.45, 2.75) is 109 Å². The molecule has 2 unspecified atom stereocenters. The molecule has 3 N–H and O–H groups in total. The van der Waals surface area contributed by atoms with Crippen LogP contribution in [0.3, 0.4) is 0 Å². The smallest absolute Gasteiger partial charge is 0.0795 e.